The molecule has 0 unspecified atom stereocenters. The topological polar surface area (TPSA) is 54.7 Å². The summed E-state index contributed by atoms with van der Waals surface area (Å²) in [5.74, 6) is 1.81. The largest absolute Gasteiger partial charge is 0.497 e. The average molecular weight is 314 g/mol. The molecule has 1 N–H and O–H groups in total. The van der Waals surface area contributed by atoms with Crippen LogP contribution in [0.3, 0.4) is 0 Å². The Bertz CT molecular complexity index is 779. The van der Waals surface area contributed by atoms with Crippen LogP contribution in [0.2, 0.25) is 0 Å². The van der Waals surface area contributed by atoms with Gasteiger partial charge in [-0.15, -0.1) is 0 Å². The molecule has 0 bridgehead atoms. The molecule has 0 atom stereocenters. The number of methoxy groups -OCH3 is 1. The van der Waals surface area contributed by atoms with E-state index >= 15 is 0 Å². The first-order valence-corrected chi connectivity index (χ1v) is 7.07. The van der Waals surface area contributed by atoms with Crippen molar-refractivity contribution >= 4 is 35.0 Å². The van der Waals surface area contributed by atoms with Crippen LogP contribution in [-0.2, 0) is 4.79 Å². The third kappa shape index (κ3) is 2.60. The second-order valence-electron chi connectivity index (χ2n) is 4.78. The SMILES string of the molecule is COc1cccc(N2C(=O)/C(=C\c3ccc(C)o3)NC2=S)c1. The molecule has 0 radical (unpaired) electrons. The number of thiocarbonyl (C=S) groups is 1. The fourth-order valence-corrected chi connectivity index (χ4v) is 2.49. The molecule has 5 nitrogen and oxygen atoms in total. The predicted molar refractivity (Wildman–Crippen MR) is 87.6 cm³/mol. The molecule has 2 aromatic rings. The van der Waals surface area contributed by atoms with E-state index in [1.165, 1.54) is 4.90 Å². The number of hydrogen-bond acceptors (Lipinski definition) is 4. The Balaban J connectivity index is 1.92. The number of carbonyl (C=O) groups excluding carboxylic acids is 1. The van der Waals surface area contributed by atoms with Crippen LogP contribution in [0.25, 0.3) is 6.08 Å². The van der Waals surface area contributed by atoms with Crippen molar-refractivity contribution in [3.05, 3.63) is 53.6 Å². The Morgan fingerprint density at radius 3 is 2.82 bits per heavy atom. The molecule has 1 aliphatic heterocycles. The van der Waals surface area contributed by atoms with E-state index in [0.29, 0.717) is 28.0 Å². The number of aryl methyl sites for hydroxylation is 1. The van der Waals surface area contributed by atoms with Crippen LogP contribution in [0.4, 0.5) is 5.69 Å². The zero-order valence-electron chi connectivity index (χ0n) is 12.1. The van der Waals surface area contributed by atoms with Crippen molar-refractivity contribution in [3.8, 4) is 5.75 Å². The van der Waals surface area contributed by atoms with E-state index in [1.54, 1.807) is 31.4 Å². The van der Waals surface area contributed by atoms with Gasteiger partial charge >= 0.3 is 0 Å². The zero-order valence-corrected chi connectivity index (χ0v) is 12.9. The maximum atomic E-state index is 12.6. The van der Waals surface area contributed by atoms with Gasteiger partial charge in [0.15, 0.2) is 5.11 Å². The lowest BCUT2D eigenvalue weighted by atomic mass is 10.2. The third-order valence-corrected chi connectivity index (χ3v) is 3.52. The summed E-state index contributed by atoms with van der Waals surface area (Å²) in [6, 6.07) is 10.8. The highest BCUT2D eigenvalue weighted by Gasteiger charge is 2.32. The van der Waals surface area contributed by atoms with E-state index in [9.17, 15) is 4.79 Å². The van der Waals surface area contributed by atoms with Crippen molar-refractivity contribution in [2.24, 2.45) is 0 Å². The fourth-order valence-electron chi connectivity index (χ4n) is 2.19. The molecule has 1 amide bonds. The molecule has 3 rings (SSSR count). The van der Waals surface area contributed by atoms with Crippen LogP contribution in [0, 0.1) is 6.92 Å². The van der Waals surface area contributed by atoms with Gasteiger partial charge in [-0.3, -0.25) is 9.69 Å². The summed E-state index contributed by atoms with van der Waals surface area (Å²) in [7, 11) is 1.58. The van der Waals surface area contributed by atoms with Gasteiger partial charge in [-0.2, -0.15) is 0 Å². The number of benzene rings is 1. The highest BCUT2D eigenvalue weighted by Crippen LogP contribution is 2.26. The van der Waals surface area contributed by atoms with Crippen molar-refractivity contribution in [2.75, 3.05) is 12.0 Å². The maximum Gasteiger partial charge on any atom is 0.281 e. The molecule has 2 heterocycles. The minimum Gasteiger partial charge on any atom is -0.497 e. The minimum atomic E-state index is -0.229. The molecule has 22 heavy (non-hydrogen) atoms. The first-order chi connectivity index (χ1) is 10.6. The Morgan fingerprint density at radius 1 is 1.32 bits per heavy atom. The van der Waals surface area contributed by atoms with E-state index in [-0.39, 0.29) is 5.91 Å². The molecule has 1 fully saturated rings. The third-order valence-electron chi connectivity index (χ3n) is 3.24. The fraction of sp³-hybridized carbons (Fsp3) is 0.125. The number of nitrogens with one attached hydrogen (secondary N) is 1. The van der Waals surface area contributed by atoms with Crippen LogP contribution in [0.5, 0.6) is 5.75 Å². The molecule has 1 aliphatic rings. The first kappa shape index (κ1) is 14.3. The van der Waals surface area contributed by atoms with E-state index in [2.05, 4.69) is 5.32 Å². The normalized spacial score (nSPS) is 16.3. The number of anilines is 1. The summed E-state index contributed by atoms with van der Waals surface area (Å²) < 4.78 is 10.6. The number of ether oxygens (including phenoxy) is 1. The number of nitrogens with zero attached hydrogens (tertiary/aromatic N) is 1. The van der Waals surface area contributed by atoms with Gasteiger partial charge in [0.1, 0.15) is 23.0 Å². The smallest absolute Gasteiger partial charge is 0.281 e. The first-order valence-electron chi connectivity index (χ1n) is 6.66. The van der Waals surface area contributed by atoms with Gasteiger partial charge in [0.25, 0.3) is 5.91 Å². The lowest BCUT2D eigenvalue weighted by Gasteiger charge is -2.14. The molecule has 0 saturated carbocycles. The summed E-state index contributed by atoms with van der Waals surface area (Å²) in [6.07, 6.45) is 1.64. The average Bonchev–Trinajstić information content (AvgIpc) is 3.03. The van der Waals surface area contributed by atoms with E-state index < -0.39 is 0 Å². The second-order valence-corrected chi connectivity index (χ2v) is 5.17. The number of hydrogen-bond donors (Lipinski definition) is 1. The van der Waals surface area contributed by atoms with Gasteiger partial charge in [-0.05, 0) is 43.4 Å². The number of amides is 1. The van der Waals surface area contributed by atoms with Gasteiger partial charge in [-0.25, -0.2) is 0 Å². The van der Waals surface area contributed by atoms with E-state index in [4.69, 9.17) is 21.4 Å². The molecule has 1 aromatic heterocycles. The number of rotatable bonds is 3. The Hall–Kier alpha value is -2.60. The molecular weight excluding hydrogens is 300 g/mol. The maximum absolute atomic E-state index is 12.6. The highest BCUT2D eigenvalue weighted by atomic mass is 32.1. The molecule has 0 aliphatic carbocycles. The molecular formula is C16H14N2O3S. The van der Waals surface area contributed by atoms with Crippen molar-refractivity contribution in [1.29, 1.82) is 0 Å². The van der Waals surface area contributed by atoms with Crippen LogP contribution in [0.15, 0.2) is 46.5 Å². The number of furan rings is 1. The molecule has 0 spiro atoms. The summed E-state index contributed by atoms with van der Waals surface area (Å²) >= 11 is 5.26. The molecule has 112 valence electrons. The Kier molecular flexibility index (Phi) is 3.68. The van der Waals surface area contributed by atoms with Crippen molar-refractivity contribution in [3.63, 3.8) is 0 Å². The van der Waals surface area contributed by atoms with E-state index in [0.717, 1.165) is 5.76 Å². The lowest BCUT2D eigenvalue weighted by Crippen LogP contribution is -2.30. The van der Waals surface area contributed by atoms with Crippen LogP contribution < -0.4 is 15.0 Å². The van der Waals surface area contributed by atoms with Crippen molar-refractivity contribution in [1.82, 2.24) is 5.32 Å². The van der Waals surface area contributed by atoms with Crippen LogP contribution in [0.1, 0.15) is 11.5 Å². The quantitative estimate of drug-likeness (QED) is 0.697. The summed E-state index contributed by atoms with van der Waals surface area (Å²) in [5.41, 5.74) is 1.03. The summed E-state index contributed by atoms with van der Waals surface area (Å²) in [5, 5.41) is 3.24. The van der Waals surface area contributed by atoms with Gasteiger partial charge in [0.05, 0.1) is 12.8 Å². The van der Waals surface area contributed by atoms with Crippen molar-refractivity contribution in [2.45, 2.75) is 6.92 Å². The second kappa shape index (κ2) is 5.65. The van der Waals surface area contributed by atoms with Gasteiger partial charge in [0, 0.05) is 12.1 Å². The van der Waals surface area contributed by atoms with E-state index in [1.807, 2.05) is 25.1 Å². The zero-order chi connectivity index (χ0) is 15.7. The minimum absolute atomic E-state index is 0.229. The standard InChI is InChI=1S/C16H14N2O3S/c1-10-6-7-13(21-10)9-14-15(19)18(16(22)17-14)11-4-3-5-12(8-11)20-2/h3-9H,1-2H3,(H,17,22)/b14-9+. The van der Waals surface area contributed by atoms with Crippen LogP contribution >= 0.6 is 12.2 Å². The predicted octanol–water partition coefficient (Wildman–Crippen LogP) is 2.86. The van der Waals surface area contributed by atoms with Gasteiger partial charge in [-0.1, -0.05) is 6.07 Å². The summed E-state index contributed by atoms with van der Waals surface area (Å²) in [6.45, 7) is 1.85. The lowest BCUT2D eigenvalue weighted by molar-refractivity contribution is -0.113. The monoisotopic (exact) mass is 314 g/mol. The summed E-state index contributed by atoms with van der Waals surface area (Å²) in [4.78, 5) is 14.0. The van der Waals surface area contributed by atoms with Gasteiger partial charge in [0.2, 0.25) is 0 Å². The van der Waals surface area contributed by atoms with Gasteiger partial charge < -0.3 is 14.5 Å². The molecule has 1 aromatic carbocycles. The highest BCUT2D eigenvalue weighted by molar-refractivity contribution is 7.80. The molecule has 1 saturated heterocycles. The Labute approximate surface area is 133 Å². The van der Waals surface area contributed by atoms with Crippen LogP contribution in [-0.4, -0.2) is 18.1 Å². The van der Waals surface area contributed by atoms with Crippen molar-refractivity contribution < 1.29 is 13.9 Å². The Morgan fingerprint density at radius 2 is 2.14 bits per heavy atom. The number of carbonyl (C=O) groups is 1. The molecule has 6 heteroatoms.